The van der Waals surface area contributed by atoms with Crippen molar-refractivity contribution in [1.82, 2.24) is 10.3 Å². The molecule has 0 bridgehead atoms. The molecule has 1 aliphatic heterocycles. The Kier molecular flexibility index (Phi) is 4.58. The predicted molar refractivity (Wildman–Crippen MR) is 108 cm³/mol. The molecule has 4 rings (SSSR count). The molecule has 1 unspecified atom stereocenters. The zero-order chi connectivity index (χ0) is 18.3. The summed E-state index contributed by atoms with van der Waals surface area (Å²) in [6, 6.07) is 11.5. The van der Waals surface area contributed by atoms with Crippen molar-refractivity contribution in [2.24, 2.45) is 0 Å². The number of benzene rings is 1. The van der Waals surface area contributed by atoms with Crippen LogP contribution in [0.4, 0.5) is 5.69 Å². The van der Waals surface area contributed by atoms with Crippen molar-refractivity contribution in [3.63, 3.8) is 0 Å². The lowest BCUT2D eigenvalue weighted by molar-refractivity contribution is -0.117. The summed E-state index contributed by atoms with van der Waals surface area (Å²) in [4.78, 5) is 30.5. The number of carbonyl (C=O) groups excluding carboxylic acids is 2. The molecule has 134 valence electrons. The van der Waals surface area contributed by atoms with Gasteiger partial charge in [-0.2, -0.15) is 0 Å². The monoisotopic (exact) mass is 431 g/mol. The number of aromatic nitrogens is 1. The highest BCUT2D eigenvalue weighted by Gasteiger charge is 2.22. The Morgan fingerprint density at radius 3 is 2.92 bits per heavy atom. The second-order valence-corrected chi connectivity index (χ2v) is 8.89. The average Bonchev–Trinajstić information content (AvgIpc) is 3.29. The fourth-order valence-corrected chi connectivity index (χ4v) is 4.77. The van der Waals surface area contributed by atoms with Gasteiger partial charge in [0.1, 0.15) is 10.5 Å². The highest BCUT2D eigenvalue weighted by molar-refractivity contribution is 9.11. The zero-order valence-corrected chi connectivity index (χ0v) is 16.6. The lowest BCUT2D eigenvalue weighted by Crippen LogP contribution is -2.27. The van der Waals surface area contributed by atoms with Crippen molar-refractivity contribution in [3.05, 3.63) is 51.4 Å². The third-order valence-electron chi connectivity index (χ3n) is 4.63. The molecule has 1 aromatic carbocycles. The molecule has 1 fully saturated rings. The van der Waals surface area contributed by atoms with E-state index in [-0.39, 0.29) is 17.9 Å². The largest absolute Gasteiger partial charge is 0.344 e. The van der Waals surface area contributed by atoms with Crippen molar-refractivity contribution in [2.45, 2.75) is 25.8 Å². The summed E-state index contributed by atoms with van der Waals surface area (Å²) in [5.74, 6) is 0.0242. The Morgan fingerprint density at radius 2 is 2.19 bits per heavy atom. The van der Waals surface area contributed by atoms with Gasteiger partial charge in [0.25, 0.3) is 5.91 Å². The molecular formula is C19H18BrN3O2S. The molecule has 2 N–H and O–H groups in total. The molecule has 2 aromatic heterocycles. The number of nitrogens with one attached hydrogen (secondary N) is 2. The van der Waals surface area contributed by atoms with E-state index in [1.807, 2.05) is 48.2 Å². The summed E-state index contributed by atoms with van der Waals surface area (Å²) >= 11 is 5.01. The second kappa shape index (κ2) is 6.89. The molecule has 1 aliphatic rings. The number of thiophene rings is 1. The number of hydrogen-bond acceptors (Lipinski definition) is 3. The van der Waals surface area contributed by atoms with Crippen LogP contribution in [0.3, 0.4) is 0 Å². The lowest BCUT2D eigenvalue weighted by Gasteiger charge is -2.19. The van der Waals surface area contributed by atoms with E-state index in [2.05, 4.69) is 26.2 Å². The molecule has 0 aliphatic carbocycles. The van der Waals surface area contributed by atoms with Gasteiger partial charge in [0.2, 0.25) is 5.91 Å². The number of rotatable bonds is 4. The molecule has 3 aromatic rings. The number of nitrogens with zero attached hydrogens (tertiary/aromatic N) is 1. The summed E-state index contributed by atoms with van der Waals surface area (Å²) in [6.45, 7) is 2.71. The number of amides is 2. The van der Waals surface area contributed by atoms with Gasteiger partial charge in [-0.1, -0.05) is 12.1 Å². The minimum absolute atomic E-state index is 0.139. The number of hydrogen-bond donors (Lipinski definition) is 2. The molecule has 26 heavy (non-hydrogen) atoms. The maximum absolute atomic E-state index is 12.6. The summed E-state index contributed by atoms with van der Waals surface area (Å²) in [6.07, 6.45) is 1.51. The Bertz CT molecular complexity index is 962. The number of carbonyl (C=O) groups is 2. The van der Waals surface area contributed by atoms with Crippen LogP contribution in [-0.4, -0.2) is 23.3 Å². The van der Waals surface area contributed by atoms with Crippen LogP contribution in [0.25, 0.3) is 10.2 Å². The number of H-pyrrole nitrogens is 1. The highest BCUT2D eigenvalue weighted by Crippen LogP contribution is 2.30. The van der Waals surface area contributed by atoms with E-state index in [4.69, 9.17) is 0 Å². The minimum atomic E-state index is -0.159. The van der Waals surface area contributed by atoms with E-state index in [0.717, 1.165) is 38.2 Å². The van der Waals surface area contributed by atoms with Crippen LogP contribution in [-0.2, 0) is 4.79 Å². The molecule has 7 heteroatoms. The fraction of sp³-hybridized carbons (Fsp3) is 0.263. The van der Waals surface area contributed by atoms with Crippen LogP contribution in [0.2, 0.25) is 0 Å². The standard InChI is InChI=1S/C19H18BrN3O2S/c1-11(12-4-2-5-14(8-12)23-7-3-6-17(23)24)21-18(25)15-9-13-10-16(20)26-19(13)22-15/h2,4-5,8-11,22H,3,6-7H2,1H3,(H,21,25). The number of anilines is 1. The molecule has 2 amide bonds. The van der Waals surface area contributed by atoms with Gasteiger partial charge in [-0.3, -0.25) is 9.59 Å². The van der Waals surface area contributed by atoms with Gasteiger partial charge >= 0.3 is 0 Å². The molecule has 0 spiro atoms. The topological polar surface area (TPSA) is 65.2 Å². The van der Waals surface area contributed by atoms with Gasteiger partial charge in [0.05, 0.1) is 9.83 Å². The summed E-state index contributed by atoms with van der Waals surface area (Å²) < 4.78 is 1.03. The van der Waals surface area contributed by atoms with Crippen molar-refractivity contribution in [1.29, 1.82) is 0 Å². The van der Waals surface area contributed by atoms with Crippen LogP contribution in [0.5, 0.6) is 0 Å². The molecule has 0 saturated carbocycles. The fourth-order valence-electron chi connectivity index (χ4n) is 3.26. The van der Waals surface area contributed by atoms with E-state index in [9.17, 15) is 9.59 Å². The van der Waals surface area contributed by atoms with Gasteiger partial charge in [-0.25, -0.2) is 0 Å². The molecular weight excluding hydrogens is 414 g/mol. The van der Waals surface area contributed by atoms with Gasteiger partial charge in [-0.15, -0.1) is 11.3 Å². The van der Waals surface area contributed by atoms with Crippen LogP contribution in [0, 0.1) is 0 Å². The van der Waals surface area contributed by atoms with E-state index in [1.165, 1.54) is 0 Å². The summed E-state index contributed by atoms with van der Waals surface area (Å²) in [7, 11) is 0. The highest BCUT2D eigenvalue weighted by atomic mass is 79.9. The predicted octanol–water partition coefficient (Wildman–Crippen LogP) is 4.61. The average molecular weight is 432 g/mol. The van der Waals surface area contributed by atoms with Crippen molar-refractivity contribution < 1.29 is 9.59 Å². The first-order valence-corrected chi connectivity index (χ1v) is 10.1. The number of fused-ring (bicyclic) bond motifs is 1. The maximum atomic E-state index is 12.6. The van der Waals surface area contributed by atoms with Crippen LogP contribution in [0.15, 0.2) is 40.2 Å². The number of aromatic amines is 1. The molecule has 1 saturated heterocycles. The van der Waals surface area contributed by atoms with Crippen LogP contribution >= 0.6 is 27.3 Å². The Balaban J connectivity index is 1.50. The quantitative estimate of drug-likeness (QED) is 0.633. The summed E-state index contributed by atoms with van der Waals surface area (Å²) in [5, 5.41) is 4.05. The van der Waals surface area contributed by atoms with E-state index >= 15 is 0 Å². The molecule has 3 heterocycles. The Labute approximate surface area is 163 Å². The van der Waals surface area contributed by atoms with E-state index < -0.39 is 0 Å². The third kappa shape index (κ3) is 3.29. The van der Waals surface area contributed by atoms with E-state index in [0.29, 0.717) is 12.1 Å². The Hall–Kier alpha value is -2.12. The maximum Gasteiger partial charge on any atom is 0.268 e. The van der Waals surface area contributed by atoms with Crippen LogP contribution < -0.4 is 10.2 Å². The molecule has 0 radical (unpaired) electrons. The SMILES string of the molecule is CC(NC(=O)c1cc2cc(Br)sc2[nH]1)c1cccc(N2CCCC2=O)c1. The van der Waals surface area contributed by atoms with Crippen molar-refractivity contribution >= 4 is 55.0 Å². The van der Waals surface area contributed by atoms with Gasteiger partial charge in [-0.05, 0) is 59.1 Å². The lowest BCUT2D eigenvalue weighted by atomic mass is 10.1. The minimum Gasteiger partial charge on any atom is -0.344 e. The van der Waals surface area contributed by atoms with Gasteiger partial charge in [0, 0.05) is 24.0 Å². The van der Waals surface area contributed by atoms with E-state index in [1.54, 1.807) is 11.3 Å². The zero-order valence-electron chi connectivity index (χ0n) is 14.2. The first-order chi connectivity index (χ1) is 12.5. The van der Waals surface area contributed by atoms with Gasteiger partial charge in [0.15, 0.2) is 0 Å². The summed E-state index contributed by atoms with van der Waals surface area (Å²) in [5.41, 5.74) is 2.43. The second-order valence-electron chi connectivity index (χ2n) is 6.46. The van der Waals surface area contributed by atoms with Gasteiger partial charge < -0.3 is 15.2 Å². The van der Waals surface area contributed by atoms with Crippen LogP contribution in [0.1, 0.15) is 41.9 Å². The van der Waals surface area contributed by atoms with Crippen molar-refractivity contribution in [2.75, 3.05) is 11.4 Å². The molecule has 1 atom stereocenters. The molecule has 5 nitrogen and oxygen atoms in total. The normalized spacial score (nSPS) is 15.6. The van der Waals surface area contributed by atoms with Crippen molar-refractivity contribution in [3.8, 4) is 0 Å². The third-order valence-corrected chi connectivity index (χ3v) is 6.20. The first-order valence-electron chi connectivity index (χ1n) is 8.50. The first kappa shape index (κ1) is 17.3. The number of halogens is 1. The Morgan fingerprint density at radius 1 is 1.35 bits per heavy atom. The smallest absolute Gasteiger partial charge is 0.268 e.